The molecule has 0 radical (unpaired) electrons. The van der Waals surface area contributed by atoms with Crippen molar-refractivity contribution in [1.29, 1.82) is 0 Å². The van der Waals surface area contributed by atoms with E-state index in [9.17, 15) is 39.6 Å². The van der Waals surface area contributed by atoms with Gasteiger partial charge in [0.05, 0.1) is 0 Å². The number of hydrogen-bond donors (Lipinski definition) is 4. The lowest BCUT2D eigenvalue weighted by Crippen LogP contribution is -2.57. The molecule has 4 N–H and O–H groups in total. The Balaban J connectivity index is 0.984. The molecule has 0 saturated heterocycles. The molecular weight excluding hydrogens is 969 g/mol. The largest absolute Gasteiger partial charge is 0.482 e. The quantitative estimate of drug-likeness (QED) is 0.116. The first-order chi connectivity index (χ1) is 35.4. The summed E-state index contributed by atoms with van der Waals surface area (Å²) < 4.78 is 41.2. The van der Waals surface area contributed by atoms with Gasteiger partial charge in [-0.15, -0.1) is 0 Å². The lowest BCUT2D eigenvalue weighted by Gasteiger charge is -2.38. The first kappa shape index (κ1) is 52.6. The van der Waals surface area contributed by atoms with Crippen molar-refractivity contribution in [2.24, 2.45) is 69.0 Å². The molecule has 8 saturated carbocycles. The fourth-order valence-electron chi connectivity index (χ4n) is 17.5. The Morgan fingerprint density at radius 1 is 0.395 bits per heavy atom. The number of ether oxygens (including phenoxy) is 6. The zero-order valence-corrected chi connectivity index (χ0v) is 46.6. The lowest BCUT2D eigenvalue weighted by molar-refractivity contribution is -0.156. The van der Waals surface area contributed by atoms with Crippen LogP contribution < -0.4 is 28.4 Å². The van der Waals surface area contributed by atoms with Gasteiger partial charge in [0.2, 0.25) is 0 Å². The maximum Gasteiger partial charge on any atom is 0.357 e. The van der Waals surface area contributed by atoms with E-state index in [0.29, 0.717) is 58.5 Å². The average Bonchev–Trinajstić information content (AvgIpc) is 4.25. The van der Waals surface area contributed by atoms with Crippen molar-refractivity contribution in [3.63, 3.8) is 0 Å². The summed E-state index contributed by atoms with van der Waals surface area (Å²) in [6.07, 6.45) is 13.0. The number of carboxylic acid groups (broad SMARTS) is 4. The van der Waals surface area contributed by atoms with Crippen LogP contribution in [0.3, 0.4) is 0 Å². The minimum atomic E-state index is -3.08. The van der Waals surface area contributed by atoms with Crippen LogP contribution in [0.1, 0.15) is 160 Å². The molecule has 14 atom stereocenters. The van der Waals surface area contributed by atoms with Crippen molar-refractivity contribution in [2.75, 3.05) is 0 Å². The molecule has 14 nitrogen and oxygen atoms in total. The summed E-state index contributed by atoms with van der Waals surface area (Å²) in [6, 6.07) is 9.22. The lowest BCUT2D eigenvalue weighted by atomic mass is 9.75. The number of benzene rings is 2. The van der Waals surface area contributed by atoms with Crippen LogP contribution in [-0.2, 0) is 19.2 Å². The topological polar surface area (TPSA) is 205 Å². The molecule has 0 aliphatic heterocycles. The number of fused-ring (bicyclic) bond motifs is 4. The van der Waals surface area contributed by atoms with Crippen molar-refractivity contribution in [2.45, 2.75) is 194 Å². The molecule has 0 amide bonds. The molecule has 76 heavy (non-hydrogen) atoms. The van der Waals surface area contributed by atoms with Gasteiger partial charge in [-0.3, -0.25) is 0 Å². The van der Waals surface area contributed by atoms with E-state index in [-0.39, 0.29) is 45.0 Å². The van der Waals surface area contributed by atoms with Crippen LogP contribution in [0.4, 0.5) is 0 Å². The van der Waals surface area contributed by atoms with Crippen molar-refractivity contribution in [1.82, 2.24) is 0 Å². The molecule has 0 spiro atoms. The SMILES string of the molecule is CC1CCC2C(C)(C)C2(Oc2ccc(OC3(C(=O)O)C=CC(Oc4ccc(OC56CC(C)CCC5C6(C)C)c(OC56CC(C)CCC5C6(C)C)c4)(C(=O)O)C(C(=O)O)=C3C(=O)O)cc2OC23CC(C)CCC2C3(C)C)C1. The average molecular weight is 1050 g/mol. The Kier molecular flexibility index (Phi) is 11.5. The van der Waals surface area contributed by atoms with E-state index in [4.69, 9.17) is 28.4 Å². The summed E-state index contributed by atoms with van der Waals surface area (Å²) >= 11 is 0. The van der Waals surface area contributed by atoms with Crippen LogP contribution in [0.5, 0.6) is 34.5 Å². The van der Waals surface area contributed by atoms with Crippen molar-refractivity contribution in [3.05, 3.63) is 59.7 Å². The van der Waals surface area contributed by atoms with Crippen LogP contribution in [0.2, 0.25) is 0 Å². The summed E-state index contributed by atoms with van der Waals surface area (Å²) in [5, 5.41) is 44.6. The Labute approximate surface area is 447 Å². The van der Waals surface area contributed by atoms with Gasteiger partial charge in [0.1, 0.15) is 45.0 Å². The van der Waals surface area contributed by atoms with E-state index >= 15 is 0 Å². The number of aliphatic carboxylic acids is 4. The highest BCUT2D eigenvalue weighted by Gasteiger charge is 2.78. The van der Waals surface area contributed by atoms with Crippen LogP contribution in [0.15, 0.2) is 59.7 Å². The zero-order valence-electron chi connectivity index (χ0n) is 46.6. The van der Waals surface area contributed by atoms with Gasteiger partial charge in [0, 0.05) is 57.5 Å². The predicted molar refractivity (Wildman–Crippen MR) is 281 cm³/mol. The van der Waals surface area contributed by atoms with Gasteiger partial charge in [0.25, 0.3) is 11.2 Å². The van der Waals surface area contributed by atoms with Crippen molar-refractivity contribution >= 4 is 23.9 Å². The maximum atomic E-state index is 13.9. The molecule has 0 heterocycles. The van der Waals surface area contributed by atoms with Gasteiger partial charge in [-0.1, -0.05) is 109 Å². The van der Waals surface area contributed by atoms with E-state index in [1.807, 2.05) is 0 Å². The molecule has 0 aromatic heterocycles. The van der Waals surface area contributed by atoms with Gasteiger partial charge in [-0.2, -0.15) is 0 Å². The van der Waals surface area contributed by atoms with Crippen LogP contribution >= 0.6 is 0 Å². The summed E-state index contributed by atoms with van der Waals surface area (Å²) in [6.45, 7) is 26.5. The van der Waals surface area contributed by atoms with Gasteiger partial charge in [0.15, 0.2) is 23.0 Å². The third-order valence-corrected chi connectivity index (χ3v) is 22.3. The zero-order chi connectivity index (χ0) is 54.9. The van der Waals surface area contributed by atoms with E-state index in [0.717, 1.165) is 89.2 Å². The van der Waals surface area contributed by atoms with Crippen molar-refractivity contribution < 1.29 is 68.0 Å². The minimum absolute atomic E-state index is 0.128. The molecule has 9 aliphatic carbocycles. The third kappa shape index (κ3) is 7.14. The van der Waals surface area contributed by atoms with E-state index in [2.05, 4.69) is 83.1 Å². The van der Waals surface area contributed by atoms with Gasteiger partial charge in [-0.25, -0.2) is 19.2 Å². The number of hydrogen-bond acceptors (Lipinski definition) is 10. The van der Waals surface area contributed by atoms with Gasteiger partial charge >= 0.3 is 23.9 Å². The Morgan fingerprint density at radius 3 is 0.908 bits per heavy atom. The molecule has 2 aromatic rings. The summed E-state index contributed by atoms with van der Waals surface area (Å²) in [4.78, 5) is 55.2. The number of carbonyl (C=O) groups is 4. The highest BCUT2D eigenvalue weighted by Crippen LogP contribution is 2.75. The molecule has 412 valence electrons. The molecule has 11 rings (SSSR count). The Bertz CT molecular complexity index is 2690. The summed E-state index contributed by atoms with van der Waals surface area (Å²) in [5.74, 6) is -4.05. The summed E-state index contributed by atoms with van der Waals surface area (Å²) in [7, 11) is 0. The molecule has 2 aromatic carbocycles. The van der Waals surface area contributed by atoms with Gasteiger partial charge in [-0.05, 0) is 111 Å². The monoisotopic (exact) mass is 1050 g/mol. The second-order valence-electron chi connectivity index (χ2n) is 27.8. The fraction of sp³-hybridized carbons (Fsp3) is 0.677. The normalized spacial score (nSPS) is 41.1. The number of carboxylic acids is 4. The second-order valence-corrected chi connectivity index (χ2v) is 27.8. The highest BCUT2D eigenvalue weighted by molar-refractivity contribution is 6.13. The Morgan fingerprint density at radius 2 is 0.658 bits per heavy atom. The predicted octanol–water partition coefficient (Wildman–Crippen LogP) is 12.2. The highest BCUT2D eigenvalue weighted by atomic mass is 16.6. The molecule has 9 aliphatic rings. The van der Waals surface area contributed by atoms with Crippen LogP contribution in [-0.4, -0.2) is 77.9 Å². The van der Waals surface area contributed by atoms with Crippen molar-refractivity contribution in [3.8, 4) is 34.5 Å². The van der Waals surface area contributed by atoms with Gasteiger partial charge < -0.3 is 48.8 Å². The fourth-order valence-corrected chi connectivity index (χ4v) is 17.5. The van der Waals surface area contributed by atoms with Crippen LogP contribution in [0.25, 0.3) is 0 Å². The summed E-state index contributed by atoms with van der Waals surface area (Å²) in [5.41, 5.74) is -11.6. The molecule has 0 bridgehead atoms. The van der Waals surface area contributed by atoms with E-state index < -0.39 is 68.6 Å². The molecular formula is C62H80O14. The second kappa shape index (κ2) is 16.6. The first-order valence-electron chi connectivity index (χ1n) is 28.2. The molecule has 8 fully saturated rings. The Hall–Kier alpha value is -5.40. The maximum absolute atomic E-state index is 13.9. The van der Waals surface area contributed by atoms with E-state index in [1.54, 1.807) is 12.1 Å². The van der Waals surface area contributed by atoms with E-state index in [1.165, 1.54) is 24.3 Å². The minimum Gasteiger partial charge on any atom is -0.482 e. The smallest absolute Gasteiger partial charge is 0.357 e. The third-order valence-electron chi connectivity index (χ3n) is 22.3. The molecule has 14 unspecified atom stereocenters. The molecule has 14 heteroatoms. The standard InChI is InChI=1S/C62H80O14/c1-33-13-21-43-53(5,6)59(43,29-33)73-39-19-17-37(27-41(39)75-61-31-35(3)15-23-45(61)55(61,9)10)71-57(51(67)68)25-26-58(52(69)70,48(50(65)66)47(57)49(63)64)72-38-18-20-40(74-60-30-34(2)14-22-44(60)54(60,7)8)42(28-38)76-62-32-36(4)16-24-46(62)56(62,11)12/h17-20,25-28,33-36,43-46H,13-16,21-24,29-32H2,1-12H3,(H,63,64)(H,65,66)(H,67,68)(H,69,70). The number of rotatable bonds is 16. The van der Waals surface area contributed by atoms with Crippen LogP contribution in [0, 0.1) is 69.0 Å². The first-order valence-corrected chi connectivity index (χ1v) is 28.2.